The summed E-state index contributed by atoms with van der Waals surface area (Å²) < 4.78 is 7.22. The molecule has 20 heavy (non-hydrogen) atoms. The van der Waals surface area contributed by atoms with Crippen molar-refractivity contribution in [1.29, 1.82) is 5.26 Å². The fourth-order valence-corrected chi connectivity index (χ4v) is 2.18. The van der Waals surface area contributed by atoms with Crippen LogP contribution in [0.3, 0.4) is 0 Å². The highest BCUT2D eigenvalue weighted by Crippen LogP contribution is 2.25. The lowest BCUT2D eigenvalue weighted by Gasteiger charge is -2.03. The second kappa shape index (κ2) is 5.06. The van der Waals surface area contributed by atoms with Crippen LogP contribution in [0.2, 0.25) is 0 Å². The van der Waals surface area contributed by atoms with Crippen LogP contribution in [0.1, 0.15) is 12.6 Å². The summed E-state index contributed by atoms with van der Waals surface area (Å²) in [7, 11) is 0. The van der Waals surface area contributed by atoms with Crippen LogP contribution in [0.25, 0.3) is 16.9 Å². The maximum atomic E-state index is 9.37. The van der Waals surface area contributed by atoms with E-state index in [1.165, 1.54) is 0 Å². The number of pyridine rings is 1. The number of fused-ring (bicyclic) bond motifs is 1. The molecular weight excluding hydrogens is 250 g/mol. The second-order valence-corrected chi connectivity index (χ2v) is 4.31. The molecule has 3 rings (SSSR count). The minimum atomic E-state index is 0.546. The summed E-state index contributed by atoms with van der Waals surface area (Å²) in [6.07, 6.45) is 1.85. The molecule has 0 spiro atoms. The standard InChI is InChI=1S/C16H13N3O/c1-2-20-13-8-6-12(7-9-13)16-14(11-17)19-10-4-3-5-15(19)18-16/h3-10H,2H2,1H3. The first-order valence-corrected chi connectivity index (χ1v) is 6.44. The topological polar surface area (TPSA) is 50.3 Å². The van der Waals surface area contributed by atoms with Gasteiger partial charge in [0.25, 0.3) is 0 Å². The Balaban J connectivity index is 2.12. The Labute approximate surface area is 116 Å². The average molecular weight is 263 g/mol. The van der Waals surface area contributed by atoms with Gasteiger partial charge in [0, 0.05) is 11.8 Å². The van der Waals surface area contributed by atoms with Crippen LogP contribution in [0, 0.1) is 11.3 Å². The van der Waals surface area contributed by atoms with Crippen molar-refractivity contribution in [3.8, 4) is 23.1 Å². The van der Waals surface area contributed by atoms with E-state index in [-0.39, 0.29) is 0 Å². The fourth-order valence-electron chi connectivity index (χ4n) is 2.18. The Kier molecular flexibility index (Phi) is 3.10. The Hall–Kier alpha value is -2.80. The predicted octanol–water partition coefficient (Wildman–Crippen LogP) is 3.27. The molecule has 4 nitrogen and oxygen atoms in total. The van der Waals surface area contributed by atoms with E-state index in [1.54, 1.807) is 4.40 Å². The van der Waals surface area contributed by atoms with Crippen LogP contribution in [0.4, 0.5) is 0 Å². The molecular formula is C16H13N3O. The predicted molar refractivity (Wildman–Crippen MR) is 76.5 cm³/mol. The van der Waals surface area contributed by atoms with Crippen molar-refractivity contribution >= 4 is 5.65 Å². The average Bonchev–Trinajstić information content (AvgIpc) is 2.87. The van der Waals surface area contributed by atoms with Gasteiger partial charge in [-0.3, -0.25) is 4.40 Å². The monoisotopic (exact) mass is 263 g/mol. The second-order valence-electron chi connectivity index (χ2n) is 4.31. The van der Waals surface area contributed by atoms with E-state index in [9.17, 15) is 5.26 Å². The normalized spacial score (nSPS) is 10.4. The van der Waals surface area contributed by atoms with E-state index in [4.69, 9.17) is 4.74 Å². The van der Waals surface area contributed by atoms with Gasteiger partial charge in [-0.05, 0) is 43.3 Å². The van der Waals surface area contributed by atoms with E-state index in [0.29, 0.717) is 18.0 Å². The molecule has 4 heteroatoms. The van der Waals surface area contributed by atoms with Crippen molar-refractivity contribution in [2.75, 3.05) is 6.61 Å². The molecule has 0 saturated carbocycles. The van der Waals surface area contributed by atoms with Gasteiger partial charge in [-0.1, -0.05) is 6.07 Å². The Morgan fingerprint density at radius 2 is 2.00 bits per heavy atom. The van der Waals surface area contributed by atoms with Gasteiger partial charge in [0.05, 0.1) is 6.61 Å². The van der Waals surface area contributed by atoms with Crippen molar-refractivity contribution in [2.45, 2.75) is 6.92 Å². The number of imidazole rings is 1. The van der Waals surface area contributed by atoms with E-state index in [2.05, 4.69) is 11.1 Å². The molecule has 0 unspecified atom stereocenters. The summed E-state index contributed by atoms with van der Waals surface area (Å²) >= 11 is 0. The van der Waals surface area contributed by atoms with Crippen LogP contribution in [-0.2, 0) is 0 Å². The van der Waals surface area contributed by atoms with Gasteiger partial charge in [-0.25, -0.2) is 4.98 Å². The van der Waals surface area contributed by atoms with Gasteiger partial charge in [-0.2, -0.15) is 5.26 Å². The summed E-state index contributed by atoms with van der Waals surface area (Å²) in [5, 5.41) is 9.37. The number of ether oxygens (including phenoxy) is 1. The van der Waals surface area contributed by atoms with E-state index >= 15 is 0 Å². The first-order chi connectivity index (χ1) is 9.83. The molecule has 3 aromatic rings. The molecule has 0 radical (unpaired) electrons. The smallest absolute Gasteiger partial charge is 0.152 e. The third kappa shape index (κ3) is 1.99. The molecule has 0 bridgehead atoms. The van der Waals surface area contributed by atoms with Crippen LogP contribution in [0.15, 0.2) is 48.7 Å². The van der Waals surface area contributed by atoms with Crippen molar-refractivity contribution in [3.05, 3.63) is 54.4 Å². The zero-order chi connectivity index (χ0) is 13.9. The highest BCUT2D eigenvalue weighted by atomic mass is 16.5. The number of nitrogens with zero attached hydrogens (tertiary/aromatic N) is 3. The van der Waals surface area contributed by atoms with Crippen molar-refractivity contribution in [3.63, 3.8) is 0 Å². The molecule has 0 saturated heterocycles. The van der Waals surface area contributed by atoms with Crippen molar-refractivity contribution < 1.29 is 4.74 Å². The number of hydrogen-bond acceptors (Lipinski definition) is 3. The van der Waals surface area contributed by atoms with E-state index in [0.717, 1.165) is 17.0 Å². The van der Waals surface area contributed by atoms with Crippen LogP contribution in [-0.4, -0.2) is 16.0 Å². The number of rotatable bonds is 3. The maximum absolute atomic E-state index is 9.37. The summed E-state index contributed by atoms with van der Waals surface area (Å²) in [5.41, 5.74) is 2.92. The number of nitriles is 1. The first kappa shape index (κ1) is 12.2. The lowest BCUT2D eigenvalue weighted by Crippen LogP contribution is -1.91. The Morgan fingerprint density at radius 3 is 2.70 bits per heavy atom. The summed E-state index contributed by atoms with van der Waals surface area (Å²) in [5.74, 6) is 0.818. The highest BCUT2D eigenvalue weighted by Gasteiger charge is 2.13. The first-order valence-electron chi connectivity index (χ1n) is 6.44. The molecule has 0 aliphatic heterocycles. The highest BCUT2D eigenvalue weighted by molar-refractivity contribution is 5.69. The third-order valence-corrected chi connectivity index (χ3v) is 3.07. The number of hydrogen-bond donors (Lipinski definition) is 0. The minimum absolute atomic E-state index is 0.546. The minimum Gasteiger partial charge on any atom is -0.494 e. The van der Waals surface area contributed by atoms with Gasteiger partial charge in [-0.15, -0.1) is 0 Å². The van der Waals surface area contributed by atoms with Gasteiger partial charge in [0.2, 0.25) is 0 Å². The Morgan fingerprint density at radius 1 is 1.20 bits per heavy atom. The quantitative estimate of drug-likeness (QED) is 0.728. The summed E-state index contributed by atoms with van der Waals surface area (Å²) in [6.45, 7) is 2.58. The zero-order valence-corrected chi connectivity index (χ0v) is 11.1. The molecule has 0 fully saturated rings. The van der Waals surface area contributed by atoms with E-state index < -0.39 is 0 Å². The maximum Gasteiger partial charge on any atom is 0.152 e. The molecule has 98 valence electrons. The van der Waals surface area contributed by atoms with Crippen LogP contribution < -0.4 is 4.74 Å². The largest absolute Gasteiger partial charge is 0.494 e. The Bertz CT molecular complexity index is 782. The fraction of sp³-hybridized carbons (Fsp3) is 0.125. The molecule has 0 N–H and O–H groups in total. The molecule has 0 atom stereocenters. The SMILES string of the molecule is CCOc1ccc(-c2nc3ccccn3c2C#N)cc1. The molecule has 2 aromatic heterocycles. The molecule has 2 heterocycles. The molecule has 0 aliphatic carbocycles. The molecule has 1 aromatic carbocycles. The van der Waals surface area contributed by atoms with E-state index in [1.807, 2.05) is 55.6 Å². The van der Waals surface area contributed by atoms with Gasteiger partial charge in [0.1, 0.15) is 23.2 Å². The molecule has 0 aliphatic rings. The van der Waals surface area contributed by atoms with Gasteiger partial charge in [0.15, 0.2) is 5.69 Å². The lowest BCUT2D eigenvalue weighted by molar-refractivity contribution is 0.340. The van der Waals surface area contributed by atoms with Crippen molar-refractivity contribution in [2.24, 2.45) is 0 Å². The van der Waals surface area contributed by atoms with Crippen LogP contribution in [0.5, 0.6) is 5.75 Å². The molecule has 0 amide bonds. The zero-order valence-electron chi connectivity index (χ0n) is 11.1. The number of aromatic nitrogens is 2. The van der Waals surface area contributed by atoms with Gasteiger partial charge >= 0.3 is 0 Å². The van der Waals surface area contributed by atoms with Crippen molar-refractivity contribution in [1.82, 2.24) is 9.38 Å². The summed E-state index contributed by atoms with van der Waals surface area (Å²) in [6, 6.07) is 15.5. The van der Waals surface area contributed by atoms with Crippen LogP contribution >= 0.6 is 0 Å². The number of benzene rings is 1. The third-order valence-electron chi connectivity index (χ3n) is 3.07. The lowest BCUT2D eigenvalue weighted by atomic mass is 10.1. The van der Waals surface area contributed by atoms with Gasteiger partial charge < -0.3 is 4.74 Å². The summed E-state index contributed by atoms with van der Waals surface area (Å²) in [4.78, 5) is 4.53.